The van der Waals surface area contributed by atoms with Crippen LogP contribution in [-0.2, 0) is 40.0 Å². The minimum absolute atomic E-state index is 0.00965. The second kappa shape index (κ2) is 24.1. The molecule has 2 aliphatic heterocycles. The van der Waals surface area contributed by atoms with Crippen LogP contribution in [0.2, 0.25) is 0 Å². The molecule has 0 unspecified atom stereocenters. The second-order valence-electron chi connectivity index (χ2n) is 23.3. The van der Waals surface area contributed by atoms with E-state index in [1.807, 2.05) is 69.3 Å². The number of likely N-dealkylation sites (tertiary alicyclic amines) is 1. The molecule has 4 fully saturated rings. The average Bonchev–Trinajstić information content (AvgIpc) is 4.07. The van der Waals surface area contributed by atoms with E-state index in [1.54, 1.807) is 17.4 Å². The van der Waals surface area contributed by atoms with Crippen molar-refractivity contribution in [2.75, 3.05) is 26.2 Å². The molecule has 14 nitrogen and oxygen atoms in total. The molecule has 3 heterocycles. The van der Waals surface area contributed by atoms with Gasteiger partial charge in [0.1, 0.15) is 18.7 Å². The van der Waals surface area contributed by atoms with Crippen LogP contribution in [-0.4, -0.2) is 106 Å². The molecule has 5 aliphatic rings. The summed E-state index contributed by atoms with van der Waals surface area (Å²) < 4.78 is 5.64. The summed E-state index contributed by atoms with van der Waals surface area (Å²) in [6, 6.07) is 6.44. The number of fused-ring (bicyclic) bond motifs is 5. The number of aryl methyl sites for hydroxylation is 1. The number of amides is 5. The average molecular weight is 1010 g/mol. The molecule has 0 spiro atoms. The normalized spacial score (nSPS) is 28.0. The number of rotatable bonds is 22. The first-order chi connectivity index (χ1) is 34.3. The van der Waals surface area contributed by atoms with E-state index in [-0.39, 0.29) is 84.4 Å². The summed E-state index contributed by atoms with van der Waals surface area (Å²) in [6.07, 6.45) is 17.4. The third-order valence-corrected chi connectivity index (χ3v) is 18.5. The van der Waals surface area contributed by atoms with Crippen LogP contribution in [0.4, 0.5) is 0 Å². The van der Waals surface area contributed by atoms with Gasteiger partial charge in [0.2, 0.25) is 29.5 Å². The molecule has 15 heteroatoms. The number of aliphatic hydroxyl groups is 1. The van der Waals surface area contributed by atoms with Crippen molar-refractivity contribution < 1.29 is 38.6 Å². The highest BCUT2D eigenvalue weighted by molar-refractivity contribution is 7.13. The number of hydrogen-bond donors (Lipinski definition) is 4. The van der Waals surface area contributed by atoms with Gasteiger partial charge in [0, 0.05) is 56.3 Å². The SMILES string of the molecule is CCN(CCOC(=O)CCCCCCCCCCC(=O)N[C@H](C(=O)N1C[C@H](O)C[C@H]1C(=O)NCc1ccc(-c2scnc2C)cc1)C(C)(C)C)C(=O)[C@H]1CC[C@H]2[C@@H]3CC[C@H]4NC(=O)C=C[C@]4(C)[C@H]3CC[C@]12C. The molecule has 396 valence electrons. The number of thiazole rings is 1. The zero-order chi connectivity index (χ0) is 51.8. The molecule has 1 aromatic heterocycles. The molecule has 72 heavy (non-hydrogen) atoms. The van der Waals surface area contributed by atoms with Crippen molar-refractivity contribution in [1.29, 1.82) is 0 Å². The Morgan fingerprint density at radius 3 is 2.31 bits per heavy atom. The Morgan fingerprint density at radius 1 is 0.944 bits per heavy atom. The summed E-state index contributed by atoms with van der Waals surface area (Å²) in [5.41, 5.74) is 4.09. The van der Waals surface area contributed by atoms with Gasteiger partial charge in [-0.05, 0) is 111 Å². The first-order valence-electron chi connectivity index (χ1n) is 27.3. The molecule has 0 radical (unpaired) electrons. The van der Waals surface area contributed by atoms with E-state index in [0.29, 0.717) is 50.1 Å². The zero-order valence-electron chi connectivity index (χ0n) is 44.3. The van der Waals surface area contributed by atoms with E-state index in [1.165, 1.54) is 4.90 Å². The Hall–Kier alpha value is -4.63. The van der Waals surface area contributed by atoms with Crippen molar-refractivity contribution in [1.82, 2.24) is 30.7 Å². The number of aromatic nitrogens is 1. The molecular formula is C57H84N6O8S. The summed E-state index contributed by atoms with van der Waals surface area (Å²) in [5, 5.41) is 19.8. The van der Waals surface area contributed by atoms with Gasteiger partial charge >= 0.3 is 5.97 Å². The Morgan fingerprint density at radius 2 is 1.64 bits per heavy atom. The third kappa shape index (κ3) is 12.8. The van der Waals surface area contributed by atoms with Gasteiger partial charge in [-0.1, -0.05) is 103 Å². The number of benzene rings is 1. The fourth-order valence-electron chi connectivity index (χ4n) is 13.4. The lowest BCUT2D eigenvalue weighted by Gasteiger charge is -2.58. The Kier molecular flexibility index (Phi) is 18.5. The minimum Gasteiger partial charge on any atom is -0.464 e. The first kappa shape index (κ1) is 55.1. The maximum Gasteiger partial charge on any atom is 0.305 e. The van der Waals surface area contributed by atoms with Crippen LogP contribution in [0.1, 0.15) is 162 Å². The number of nitrogens with one attached hydrogen (secondary N) is 3. The number of β-amino-alcohol motifs (C(OH)–C–C–N with tert-alkyl or cyclic N) is 1. The zero-order valence-corrected chi connectivity index (χ0v) is 45.1. The number of carbonyl (C=O) groups is 6. The lowest BCUT2D eigenvalue weighted by molar-refractivity contribution is -0.149. The molecule has 10 atom stereocenters. The number of aliphatic hydroxyl groups excluding tert-OH is 1. The minimum atomic E-state index is -0.858. The van der Waals surface area contributed by atoms with Crippen LogP contribution in [0.5, 0.6) is 0 Å². The van der Waals surface area contributed by atoms with Gasteiger partial charge in [-0.25, -0.2) is 4.98 Å². The van der Waals surface area contributed by atoms with Gasteiger partial charge in [-0.15, -0.1) is 11.3 Å². The molecule has 7 rings (SSSR count). The van der Waals surface area contributed by atoms with Gasteiger partial charge in [0.15, 0.2) is 0 Å². The molecular weight excluding hydrogens is 929 g/mol. The van der Waals surface area contributed by atoms with Crippen molar-refractivity contribution in [3.63, 3.8) is 0 Å². The summed E-state index contributed by atoms with van der Waals surface area (Å²) in [6.45, 7) is 15.9. The molecule has 5 amide bonds. The van der Waals surface area contributed by atoms with E-state index in [4.69, 9.17) is 4.74 Å². The maximum atomic E-state index is 14.1. The highest BCUT2D eigenvalue weighted by Gasteiger charge is 2.61. The fourth-order valence-corrected chi connectivity index (χ4v) is 14.2. The summed E-state index contributed by atoms with van der Waals surface area (Å²) in [7, 11) is 0. The Balaban J connectivity index is 0.738. The van der Waals surface area contributed by atoms with Crippen LogP contribution >= 0.6 is 11.3 Å². The van der Waals surface area contributed by atoms with E-state index in [0.717, 1.165) is 105 Å². The molecule has 3 saturated carbocycles. The quantitative estimate of drug-likeness (QED) is 0.0664. The summed E-state index contributed by atoms with van der Waals surface area (Å²) in [4.78, 5) is 88.4. The third-order valence-electron chi connectivity index (χ3n) is 17.5. The van der Waals surface area contributed by atoms with Gasteiger partial charge in [-0.3, -0.25) is 28.8 Å². The predicted molar refractivity (Wildman–Crippen MR) is 280 cm³/mol. The van der Waals surface area contributed by atoms with E-state index in [2.05, 4.69) is 40.9 Å². The second-order valence-corrected chi connectivity index (χ2v) is 24.2. The number of likely N-dealkylation sites (N-methyl/N-ethyl adjacent to an activating group) is 1. The number of unbranched alkanes of at least 4 members (excludes halogenated alkanes) is 7. The van der Waals surface area contributed by atoms with Crippen molar-refractivity contribution in [3.8, 4) is 10.4 Å². The van der Waals surface area contributed by atoms with E-state index >= 15 is 0 Å². The summed E-state index contributed by atoms with van der Waals surface area (Å²) >= 11 is 1.58. The van der Waals surface area contributed by atoms with Crippen molar-refractivity contribution in [2.45, 2.75) is 188 Å². The molecule has 2 aromatic rings. The fraction of sp³-hybridized carbons (Fsp3) is 0.702. The van der Waals surface area contributed by atoms with E-state index < -0.39 is 23.6 Å². The molecule has 3 aliphatic carbocycles. The number of carbonyl (C=O) groups excluding carboxylic acids is 6. The number of ether oxygens (including phenoxy) is 1. The number of hydrogen-bond acceptors (Lipinski definition) is 10. The largest absolute Gasteiger partial charge is 0.464 e. The Bertz CT molecular complexity index is 2260. The highest BCUT2D eigenvalue weighted by Crippen LogP contribution is 2.65. The topological polar surface area (TPSA) is 187 Å². The van der Waals surface area contributed by atoms with Gasteiger partial charge < -0.3 is 35.6 Å². The monoisotopic (exact) mass is 1010 g/mol. The van der Waals surface area contributed by atoms with Crippen molar-refractivity contribution in [2.24, 2.45) is 39.9 Å². The van der Waals surface area contributed by atoms with Gasteiger partial charge in [0.25, 0.3) is 0 Å². The number of esters is 1. The lowest BCUT2D eigenvalue weighted by Crippen LogP contribution is -2.59. The predicted octanol–water partition coefficient (Wildman–Crippen LogP) is 8.43. The first-order valence-corrected chi connectivity index (χ1v) is 28.2. The van der Waals surface area contributed by atoms with Crippen molar-refractivity contribution in [3.05, 3.63) is 53.2 Å². The van der Waals surface area contributed by atoms with Crippen LogP contribution < -0.4 is 16.0 Å². The molecule has 4 N–H and O–H groups in total. The standard InChI is InChI=1S/C57H84N6O8S/c1-8-62(53(69)44-25-24-42-41-23-26-46-57(7,30-28-48(66)60-46)43(41)27-29-56(42,44)6)31-32-71-49(67)18-16-14-12-10-9-11-13-15-17-47(65)61-51(55(3,4)5)54(70)63-35-40(64)33-45(63)52(68)58-34-38-19-21-39(22-20-38)50-37(2)59-36-72-50/h19-22,28,30,36,40-46,51,64H,8-18,23-27,29,31-35H2,1-7H3,(H,58,68)(H,60,66)(H,61,65)/t40-,41+,42+,43+,44-,45+,46-,51-,56+,57-/m1/s1. The van der Waals surface area contributed by atoms with Crippen LogP contribution in [0.3, 0.4) is 0 Å². The van der Waals surface area contributed by atoms with E-state index in [9.17, 15) is 33.9 Å². The Labute approximate surface area is 432 Å². The van der Waals surface area contributed by atoms with Gasteiger partial charge in [0.05, 0.1) is 28.7 Å². The van der Waals surface area contributed by atoms with Crippen molar-refractivity contribution >= 4 is 46.8 Å². The smallest absolute Gasteiger partial charge is 0.305 e. The molecule has 0 bridgehead atoms. The van der Waals surface area contributed by atoms with Gasteiger partial charge in [-0.2, -0.15) is 0 Å². The van der Waals surface area contributed by atoms with Crippen LogP contribution in [0, 0.1) is 46.8 Å². The molecule has 1 saturated heterocycles. The van der Waals surface area contributed by atoms with Crippen LogP contribution in [0.15, 0.2) is 41.9 Å². The maximum absolute atomic E-state index is 14.1. The lowest BCUT2D eigenvalue weighted by atomic mass is 9.48. The molecule has 1 aromatic carbocycles. The summed E-state index contributed by atoms with van der Waals surface area (Å²) in [5.74, 6) is 0.698. The highest BCUT2D eigenvalue weighted by atomic mass is 32.1. The number of nitrogens with zero attached hydrogens (tertiary/aromatic N) is 3. The van der Waals surface area contributed by atoms with Crippen LogP contribution in [0.25, 0.3) is 10.4 Å².